The molecule has 0 radical (unpaired) electrons. The number of amides is 1. The predicted octanol–water partition coefficient (Wildman–Crippen LogP) is 2.06. The third-order valence-electron chi connectivity index (χ3n) is 4.51. The van der Waals surface area contributed by atoms with Crippen molar-refractivity contribution in [3.8, 4) is 17.2 Å². The summed E-state index contributed by atoms with van der Waals surface area (Å²) in [5.74, 6) is 2.68. The lowest BCUT2D eigenvalue weighted by molar-refractivity contribution is -0.122. The van der Waals surface area contributed by atoms with Crippen LogP contribution in [-0.4, -0.2) is 51.8 Å². The maximum Gasteiger partial charge on any atom is 0.234 e. The summed E-state index contributed by atoms with van der Waals surface area (Å²) in [5.41, 5.74) is 0.857. The van der Waals surface area contributed by atoms with Crippen molar-refractivity contribution in [1.82, 2.24) is 10.2 Å². The van der Waals surface area contributed by atoms with Crippen LogP contribution >= 0.6 is 0 Å². The van der Waals surface area contributed by atoms with Crippen LogP contribution in [0.4, 0.5) is 0 Å². The molecule has 6 nitrogen and oxygen atoms in total. The molecule has 0 aromatic heterocycles. The second kappa shape index (κ2) is 8.78. The Kier molecular flexibility index (Phi) is 6.73. The van der Waals surface area contributed by atoms with Gasteiger partial charge in [-0.15, -0.1) is 0 Å². The number of hydrogen-bond donors (Lipinski definition) is 1. The van der Waals surface area contributed by atoms with E-state index in [4.69, 9.17) is 14.2 Å². The van der Waals surface area contributed by atoms with Gasteiger partial charge in [-0.05, 0) is 37.9 Å². The summed E-state index contributed by atoms with van der Waals surface area (Å²) in [4.78, 5) is 14.4. The Morgan fingerprint density at radius 3 is 2.25 bits per heavy atom. The number of ether oxygens (including phenoxy) is 3. The summed E-state index contributed by atoms with van der Waals surface area (Å²) in [5, 5.41) is 2.96. The number of nitrogens with zero attached hydrogens (tertiary/aromatic N) is 1. The minimum Gasteiger partial charge on any atom is -0.496 e. The highest BCUT2D eigenvalue weighted by Crippen LogP contribution is 2.34. The van der Waals surface area contributed by atoms with E-state index in [1.54, 1.807) is 27.4 Å². The van der Waals surface area contributed by atoms with E-state index in [1.807, 2.05) is 6.07 Å². The molecule has 0 aliphatic carbocycles. The lowest BCUT2D eigenvalue weighted by atomic mass is 9.99. The molecule has 1 aliphatic heterocycles. The molecular formula is C18H28N2O4. The number of methoxy groups -OCH3 is 3. The van der Waals surface area contributed by atoms with E-state index in [0.29, 0.717) is 30.3 Å². The molecule has 1 amide bonds. The Morgan fingerprint density at radius 2 is 1.67 bits per heavy atom. The van der Waals surface area contributed by atoms with Crippen LogP contribution in [0.25, 0.3) is 0 Å². The van der Waals surface area contributed by atoms with Crippen molar-refractivity contribution >= 4 is 5.91 Å². The monoisotopic (exact) mass is 336 g/mol. The summed E-state index contributed by atoms with van der Waals surface area (Å²) in [6.45, 7) is 5.10. The fraction of sp³-hybridized carbons (Fsp3) is 0.611. The van der Waals surface area contributed by atoms with Gasteiger partial charge in [-0.3, -0.25) is 9.69 Å². The van der Waals surface area contributed by atoms with E-state index >= 15 is 0 Å². The number of rotatable bonds is 7. The number of carbonyl (C=O) groups is 1. The van der Waals surface area contributed by atoms with Crippen molar-refractivity contribution in [3.05, 3.63) is 17.7 Å². The summed E-state index contributed by atoms with van der Waals surface area (Å²) < 4.78 is 16.0. The molecule has 1 heterocycles. The zero-order valence-corrected chi connectivity index (χ0v) is 15.1. The molecule has 2 rings (SSSR count). The fourth-order valence-electron chi connectivity index (χ4n) is 2.90. The standard InChI is InChI=1S/C18H28N2O4/c1-13-5-7-20(8-6-13)12-18(21)19-11-14-9-16(23-3)17(24-4)10-15(14)22-2/h9-10,13H,5-8,11-12H2,1-4H3,(H,19,21). The van der Waals surface area contributed by atoms with Gasteiger partial charge in [0.1, 0.15) is 5.75 Å². The predicted molar refractivity (Wildman–Crippen MR) is 92.8 cm³/mol. The quantitative estimate of drug-likeness (QED) is 0.826. The van der Waals surface area contributed by atoms with Crippen LogP contribution in [-0.2, 0) is 11.3 Å². The number of piperidine rings is 1. The number of nitrogens with one attached hydrogen (secondary N) is 1. The van der Waals surface area contributed by atoms with Gasteiger partial charge < -0.3 is 19.5 Å². The lowest BCUT2D eigenvalue weighted by Crippen LogP contribution is -2.41. The van der Waals surface area contributed by atoms with Gasteiger partial charge in [0.05, 0.1) is 27.9 Å². The molecule has 0 bridgehead atoms. The van der Waals surface area contributed by atoms with Crippen molar-refractivity contribution in [2.45, 2.75) is 26.3 Å². The van der Waals surface area contributed by atoms with Crippen molar-refractivity contribution in [2.75, 3.05) is 41.0 Å². The molecule has 0 spiro atoms. The average Bonchev–Trinajstić information content (AvgIpc) is 2.61. The highest BCUT2D eigenvalue weighted by molar-refractivity contribution is 5.78. The van der Waals surface area contributed by atoms with Gasteiger partial charge in [-0.2, -0.15) is 0 Å². The van der Waals surface area contributed by atoms with E-state index in [2.05, 4.69) is 17.1 Å². The number of carbonyl (C=O) groups excluding carboxylic acids is 1. The van der Waals surface area contributed by atoms with E-state index in [0.717, 1.165) is 37.4 Å². The SMILES string of the molecule is COc1cc(OC)c(OC)cc1CNC(=O)CN1CCC(C)CC1. The highest BCUT2D eigenvalue weighted by atomic mass is 16.5. The van der Waals surface area contributed by atoms with Crippen LogP contribution in [0, 0.1) is 5.92 Å². The molecule has 24 heavy (non-hydrogen) atoms. The molecular weight excluding hydrogens is 308 g/mol. The zero-order valence-electron chi connectivity index (χ0n) is 15.1. The molecule has 1 aromatic carbocycles. The highest BCUT2D eigenvalue weighted by Gasteiger charge is 2.18. The first-order valence-electron chi connectivity index (χ1n) is 8.35. The maximum absolute atomic E-state index is 12.2. The molecule has 0 unspecified atom stereocenters. The summed E-state index contributed by atoms with van der Waals surface area (Å²) in [6, 6.07) is 3.60. The van der Waals surface area contributed by atoms with Gasteiger partial charge in [0, 0.05) is 18.2 Å². The molecule has 134 valence electrons. The Labute approximate surface area is 144 Å². The number of likely N-dealkylation sites (tertiary alicyclic amines) is 1. The van der Waals surface area contributed by atoms with E-state index in [-0.39, 0.29) is 5.91 Å². The topological polar surface area (TPSA) is 60.0 Å². The third-order valence-corrected chi connectivity index (χ3v) is 4.51. The van der Waals surface area contributed by atoms with Crippen LogP contribution in [0.5, 0.6) is 17.2 Å². The van der Waals surface area contributed by atoms with Gasteiger partial charge in [0.25, 0.3) is 0 Å². The largest absolute Gasteiger partial charge is 0.496 e. The first-order valence-corrected chi connectivity index (χ1v) is 8.35. The van der Waals surface area contributed by atoms with Crippen LogP contribution in [0.2, 0.25) is 0 Å². The molecule has 0 saturated carbocycles. The zero-order chi connectivity index (χ0) is 17.5. The Bertz CT molecular complexity index is 554. The fourth-order valence-corrected chi connectivity index (χ4v) is 2.90. The molecule has 1 fully saturated rings. The molecule has 1 aliphatic rings. The van der Waals surface area contributed by atoms with Crippen LogP contribution in [0.1, 0.15) is 25.3 Å². The Morgan fingerprint density at radius 1 is 1.08 bits per heavy atom. The summed E-state index contributed by atoms with van der Waals surface area (Å²) >= 11 is 0. The molecule has 1 saturated heterocycles. The van der Waals surface area contributed by atoms with Gasteiger partial charge >= 0.3 is 0 Å². The summed E-state index contributed by atoms with van der Waals surface area (Å²) in [7, 11) is 4.77. The Hall–Kier alpha value is -1.95. The van der Waals surface area contributed by atoms with Crippen molar-refractivity contribution in [2.24, 2.45) is 5.92 Å². The molecule has 1 N–H and O–H groups in total. The normalized spacial score (nSPS) is 15.8. The minimum absolute atomic E-state index is 0.0291. The minimum atomic E-state index is 0.0291. The Balaban J connectivity index is 1.94. The van der Waals surface area contributed by atoms with Gasteiger partial charge in [0.15, 0.2) is 11.5 Å². The smallest absolute Gasteiger partial charge is 0.234 e. The van der Waals surface area contributed by atoms with E-state index in [1.165, 1.54) is 0 Å². The van der Waals surface area contributed by atoms with Gasteiger partial charge in [0.2, 0.25) is 5.91 Å². The first kappa shape index (κ1) is 18.4. The van der Waals surface area contributed by atoms with Gasteiger partial charge in [-0.25, -0.2) is 0 Å². The second-order valence-electron chi connectivity index (χ2n) is 6.25. The average molecular weight is 336 g/mol. The summed E-state index contributed by atoms with van der Waals surface area (Å²) in [6.07, 6.45) is 2.33. The maximum atomic E-state index is 12.2. The van der Waals surface area contributed by atoms with Crippen molar-refractivity contribution in [3.63, 3.8) is 0 Å². The van der Waals surface area contributed by atoms with Gasteiger partial charge in [-0.1, -0.05) is 6.92 Å². The van der Waals surface area contributed by atoms with Crippen molar-refractivity contribution < 1.29 is 19.0 Å². The van der Waals surface area contributed by atoms with Crippen LogP contribution in [0.3, 0.4) is 0 Å². The third kappa shape index (κ3) is 4.77. The first-order chi connectivity index (χ1) is 11.6. The number of hydrogen-bond acceptors (Lipinski definition) is 5. The lowest BCUT2D eigenvalue weighted by Gasteiger charge is -2.29. The molecule has 0 atom stereocenters. The second-order valence-corrected chi connectivity index (χ2v) is 6.25. The molecule has 1 aromatic rings. The van der Waals surface area contributed by atoms with Crippen molar-refractivity contribution in [1.29, 1.82) is 0 Å². The molecule has 6 heteroatoms. The van der Waals surface area contributed by atoms with E-state index in [9.17, 15) is 4.79 Å². The van der Waals surface area contributed by atoms with Crippen LogP contribution < -0.4 is 19.5 Å². The van der Waals surface area contributed by atoms with E-state index < -0.39 is 0 Å². The number of benzene rings is 1. The van der Waals surface area contributed by atoms with Crippen LogP contribution in [0.15, 0.2) is 12.1 Å².